The molecule has 0 aliphatic heterocycles. The van der Waals surface area contributed by atoms with Crippen LogP contribution in [-0.2, 0) is 0 Å². The van der Waals surface area contributed by atoms with Crippen LogP contribution in [0.4, 0.5) is 0 Å². The molecule has 0 fully saturated rings. The third-order valence-corrected chi connectivity index (χ3v) is 2.02. The van der Waals surface area contributed by atoms with E-state index in [-0.39, 0.29) is 7.43 Å². The highest BCUT2D eigenvalue weighted by Gasteiger charge is 1.88. The second kappa shape index (κ2) is 21.7. The molecule has 0 spiro atoms. The van der Waals surface area contributed by atoms with Gasteiger partial charge in [0.25, 0.3) is 0 Å². The Hall–Kier alpha value is -0.550. The maximum absolute atomic E-state index is 8.14. The molecule has 0 aromatic carbocycles. The van der Waals surface area contributed by atoms with Crippen LogP contribution in [0.1, 0.15) is 75.2 Å². The van der Waals surface area contributed by atoms with E-state index in [1.165, 1.54) is 6.42 Å². The fourth-order valence-electron chi connectivity index (χ4n) is 0.353. The van der Waals surface area contributed by atoms with E-state index in [0.29, 0.717) is 24.9 Å². The van der Waals surface area contributed by atoms with Crippen molar-refractivity contribution in [3.63, 3.8) is 0 Å². The van der Waals surface area contributed by atoms with E-state index in [1.807, 2.05) is 13.8 Å². The quantitative estimate of drug-likeness (QED) is 0.747. The number of hydrogen-bond donors (Lipinski definition) is 1. The van der Waals surface area contributed by atoms with Gasteiger partial charge in [0.15, 0.2) is 0 Å². The lowest BCUT2D eigenvalue weighted by Gasteiger charge is -1.94. The van der Waals surface area contributed by atoms with E-state index < -0.39 is 0 Å². The lowest BCUT2D eigenvalue weighted by Crippen LogP contribution is -1.90. The summed E-state index contributed by atoms with van der Waals surface area (Å²) in [5.74, 6) is 2.00. The highest BCUT2D eigenvalue weighted by Crippen LogP contribution is 2.00. The Morgan fingerprint density at radius 3 is 1.33 bits per heavy atom. The zero-order chi connectivity index (χ0) is 14.3. The topological polar surface area (TPSA) is 44.0 Å². The second-order valence-corrected chi connectivity index (χ2v) is 5.47. The molecule has 0 radical (unpaired) electrons. The lowest BCUT2D eigenvalue weighted by atomic mass is 10.1. The fraction of sp³-hybridized carbons (Fsp3) is 0.938. The molecule has 2 nitrogen and oxygen atoms in total. The van der Waals surface area contributed by atoms with E-state index in [4.69, 9.17) is 10.4 Å². The Morgan fingerprint density at radius 2 is 1.28 bits per heavy atom. The minimum atomic E-state index is 0. The number of aliphatic hydroxyl groups is 1. The summed E-state index contributed by atoms with van der Waals surface area (Å²) in [5.41, 5.74) is 0. The van der Waals surface area contributed by atoms with Crippen molar-refractivity contribution in [2.45, 2.75) is 75.2 Å². The van der Waals surface area contributed by atoms with Gasteiger partial charge in [-0.05, 0) is 24.2 Å². The number of nitrogens with zero attached hydrogens (tertiary/aromatic N) is 1. The van der Waals surface area contributed by atoms with Gasteiger partial charge >= 0.3 is 0 Å². The van der Waals surface area contributed by atoms with Crippen molar-refractivity contribution >= 4 is 0 Å². The summed E-state index contributed by atoms with van der Waals surface area (Å²) in [5, 5.41) is 16.2. The SMILES string of the molecule is C.CC(C)CCC#N.CC(C)CO.CCC(C)C. The van der Waals surface area contributed by atoms with E-state index in [9.17, 15) is 0 Å². The zero-order valence-corrected chi connectivity index (χ0v) is 13.0. The summed E-state index contributed by atoms with van der Waals surface area (Å²) < 4.78 is 0. The summed E-state index contributed by atoms with van der Waals surface area (Å²) in [6.45, 7) is 15.1. The fourth-order valence-corrected chi connectivity index (χ4v) is 0.353. The Kier molecular flexibility index (Phi) is 31.5. The molecule has 1 N–H and O–H groups in total. The van der Waals surface area contributed by atoms with Crippen molar-refractivity contribution < 1.29 is 5.11 Å². The third-order valence-electron chi connectivity index (χ3n) is 2.02. The molecule has 18 heavy (non-hydrogen) atoms. The maximum atomic E-state index is 8.14. The van der Waals surface area contributed by atoms with Crippen molar-refractivity contribution in [3.8, 4) is 6.07 Å². The molecular weight excluding hydrogens is 222 g/mol. The molecule has 0 aromatic heterocycles. The molecule has 0 unspecified atom stereocenters. The number of aliphatic hydroxyl groups excluding tert-OH is 1. The summed E-state index contributed by atoms with van der Waals surface area (Å²) in [6, 6.07) is 2.10. The first-order valence-electron chi connectivity index (χ1n) is 6.79. The van der Waals surface area contributed by atoms with Crippen LogP contribution >= 0.6 is 0 Å². The molecule has 0 saturated heterocycles. The molecule has 0 saturated carbocycles. The van der Waals surface area contributed by atoms with E-state index >= 15 is 0 Å². The molecule has 0 aromatic rings. The lowest BCUT2D eigenvalue weighted by molar-refractivity contribution is 0.248. The second-order valence-electron chi connectivity index (χ2n) is 5.47. The van der Waals surface area contributed by atoms with Crippen molar-refractivity contribution in [1.29, 1.82) is 5.26 Å². The van der Waals surface area contributed by atoms with Crippen LogP contribution < -0.4 is 0 Å². The maximum Gasteiger partial charge on any atom is 0.0621 e. The standard InChI is InChI=1S/C6H11N.C5H12.C4H10O.CH4/c1-6(2)4-3-5-7;1-4-5(2)3;1-4(2)3-5;/h6H,3-4H2,1-2H3;5H,4H2,1-3H3;4-5H,3H2,1-2H3;1H4. The molecule has 0 rings (SSSR count). The summed E-state index contributed by atoms with van der Waals surface area (Å²) in [4.78, 5) is 0. The largest absolute Gasteiger partial charge is 0.396 e. The average molecular weight is 259 g/mol. The summed E-state index contributed by atoms with van der Waals surface area (Å²) in [6.07, 6.45) is 3.05. The van der Waals surface area contributed by atoms with Gasteiger partial charge < -0.3 is 5.11 Å². The van der Waals surface area contributed by atoms with Crippen LogP contribution in [-0.4, -0.2) is 11.7 Å². The smallest absolute Gasteiger partial charge is 0.0621 e. The zero-order valence-electron chi connectivity index (χ0n) is 13.0. The monoisotopic (exact) mass is 259 g/mol. The van der Waals surface area contributed by atoms with E-state index in [2.05, 4.69) is 40.7 Å². The van der Waals surface area contributed by atoms with Crippen molar-refractivity contribution in [3.05, 3.63) is 0 Å². The predicted octanol–water partition coefficient (Wildman–Crippen LogP) is 5.27. The van der Waals surface area contributed by atoms with Gasteiger partial charge in [-0.2, -0.15) is 5.26 Å². The molecule has 112 valence electrons. The van der Waals surface area contributed by atoms with Gasteiger partial charge in [-0.3, -0.25) is 0 Å². The Balaban J connectivity index is -0.0000000813. The molecule has 2 heteroatoms. The minimum absolute atomic E-state index is 0. The average Bonchev–Trinajstić information content (AvgIpc) is 2.27. The Morgan fingerprint density at radius 1 is 0.944 bits per heavy atom. The molecular formula is C16H37NO. The van der Waals surface area contributed by atoms with Gasteiger partial charge in [-0.1, -0.05) is 62.3 Å². The minimum Gasteiger partial charge on any atom is -0.396 e. The van der Waals surface area contributed by atoms with Gasteiger partial charge in [0, 0.05) is 13.0 Å². The first kappa shape index (κ1) is 26.1. The van der Waals surface area contributed by atoms with E-state index in [1.54, 1.807) is 0 Å². The molecule has 0 heterocycles. The van der Waals surface area contributed by atoms with Crippen molar-refractivity contribution in [1.82, 2.24) is 0 Å². The third kappa shape index (κ3) is 58.1. The highest BCUT2D eigenvalue weighted by atomic mass is 16.3. The van der Waals surface area contributed by atoms with Gasteiger partial charge in [0.2, 0.25) is 0 Å². The van der Waals surface area contributed by atoms with Crippen LogP contribution in [0.5, 0.6) is 0 Å². The van der Waals surface area contributed by atoms with Gasteiger partial charge in [0.1, 0.15) is 0 Å². The number of hydrogen-bond acceptors (Lipinski definition) is 2. The summed E-state index contributed by atoms with van der Waals surface area (Å²) in [7, 11) is 0. The molecule has 0 amide bonds. The summed E-state index contributed by atoms with van der Waals surface area (Å²) >= 11 is 0. The first-order valence-corrected chi connectivity index (χ1v) is 6.79. The van der Waals surface area contributed by atoms with Crippen molar-refractivity contribution in [2.75, 3.05) is 6.61 Å². The Bertz CT molecular complexity index is 149. The highest BCUT2D eigenvalue weighted by molar-refractivity contribution is 4.68. The van der Waals surface area contributed by atoms with Gasteiger partial charge in [0.05, 0.1) is 6.07 Å². The van der Waals surface area contributed by atoms with Crippen LogP contribution in [0.2, 0.25) is 0 Å². The van der Waals surface area contributed by atoms with Crippen LogP contribution in [0.25, 0.3) is 0 Å². The molecule has 0 aliphatic rings. The van der Waals surface area contributed by atoms with Gasteiger partial charge in [-0.25, -0.2) is 0 Å². The predicted molar refractivity (Wildman–Crippen MR) is 83.5 cm³/mol. The molecule has 0 atom stereocenters. The van der Waals surface area contributed by atoms with Crippen molar-refractivity contribution in [2.24, 2.45) is 17.8 Å². The van der Waals surface area contributed by atoms with Crippen LogP contribution in [0.15, 0.2) is 0 Å². The molecule has 0 aliphatic carbocycles. The van der Waals surface area contributed by atoms with Gasteiger partial charge in [-0.15, -0.1) is 0 Å². The van der Waals surface area contributed by atoms with Crippen LogP contribution in [0.3, 0.4) is 0 Å². The van der Waals surface area contributed by atoms with E-state index in [0.717, 1.165) is 12.3 Å². The first-order chi connectivity index (χ1) is 7.81. The normalized spacial score (nSPS) is 8.78. The number of nitriles is 1. The Labute approximate surface area is 116 Å². The number of rotatable bonds is 4. The van der Waals surface area contributed by atoms with Crippen LogP contribution in [0, 0.1) is 29.1 Å². The molecule has 0 bridgehead atoms.